The van der Waals surface area contributed by atoms with Crippen molar-refractivity contribution in [3.8, 4) is 0 Å². The summed E-state index contributed by atoms with van der Waals surface area (Å²) < 4.78 is 10.1. The Morgan fingerprint density at radius 2 is 2.14 bits per heavy atom. The van der Waals surface area contributed by atoms with Crippen molar-refractivity contribution in [3.63, 3.8) is 0 Å². The lowest BCUT2D eigenvalue weighted by Crippen LogP contribution is -2.20. The van der Waals surface area contributed by atoms with E-state index < -0.39 is 5.63 Å². The Morgan fingerprint density at radius 1 is 1.36 bits per heavy atom. The summed E-state index contributed by atoms with van der Waals surface area (Å²) >= 11 is 0. The van der Waals surface area contributed by atoms with E-state index in [9.17, 15) is 9.59 Å². The molecule has 4 heterocycles. The van der Waals surface area contributed by atoms with Gasteiger partial charge in [-0.2, -0.15) is 0 Å². The van der Waals surface area contributed by atoms with Gasteiger partial charge in [0.25, 0.3) is 5.91 Å². The third kappa shape index (κ3) is 0.618. The first-order chi connectivity index (χ1) is 6.72. The average Bonchev–Trinajstić information content (AvgIpc) is 2.69. The second-order valence-electron chi connectivity index (χ2n) is 3.02. The molecule has 0 unspecified atom stereocenters. The number of hydrogen-bond acceptors (Lipinski definition) is 4. The standard InChI is InChI=1S/C9H5NO4/c1-10-8(11)6-5-3-2-4(7(6)13-3)14-9(5)12/h2H,1H3,(H,10,11). The minimum absolute atomic E-state index is 0.231. The van der Waals surface area contributed by atoms with Gasteiger partial charge in [0.05, 0.1) is 0 Å². The number of hydrogen-bond donors (Lipinski definition) is 1. The van der Waals surface area contributed by atoms with Gasteiger partial charge in [-0.05, 0) is 0 Å². The fraction of sp³-hybridized carbons (Fsp3) is 0.111. The molecule has 0 saturated carbocycles. The summed E-state index contributed by atoms with van der Waals surface area (Å²) in [4.78, 5) is 22.7. The Morgan fingerprint density at radius 3 is 2.79 bits per heavy atom. The van der Waals surface area contributed by atoms with E-state index in [1.54, 1.807) is 6.07 Å². The first-order valence-electron chi connectivity index (χ1n) is 4.05. The third-order valence-electron chi connectivity index (χ3n) is 2.28. The molecule has 4 rings (SSSR count). The average molecular weight is 191 g/mol. The largest absolute Gasteiger partial charge is 0.451 e. The zero-order valence-electron chi connectivity index (χ0n) is 7.21. The van der Waals surface area contributed by atoms with Crippen LogP contribution >= 0.6 is 0 Å². The zero-order valence-corrected chi connectivity index (χ0v) is 7.21. The van der Waals surface area contributed by atoms with E-state index >= 15 is 0 Å². The highest BCUT2D eigenvalue weighted by molar-refractivity contribution is 6.17. The lowest BCUT2D eigenvalue weighted by Gasteiger charge is -1.99. The van der Waals surface area contributed by atoms with E-state index in [2.05, 4.69) is 5.32 Å². The van der Waals surface area contributed by atoms with Crippen molar-refractivity contribution in [2.24, 2.45) is 0 Å². The topological polar surface area (TPSA) is 72.5 Å². The number of fused-ring (bicyclic) bond motifs is 1. The Kier molecular flexibility index (Phi) is 1.09. The predicted molar refractivity (Wildman–Crippen MR) is 48.0 cm³/mol. The highest BCUT2D eigenvalue weighted by atomic mass is 16.4. The number of rotatable bonds is 1. The van der Waals surface area contributed by atoms with Gasteiger partial charge >= 0.3 is 5.63 Å². The lowest BCUT2D eigenvalue weighted by atomic mass is 10.1. The molecule has 0 aliphatic rings. The van der Waals surface area contributed by atoms with Crippen LogP contribution in [0.2, 0.25) is 0 Å². The van der Waals surface area contributed by atoms with Crippen LogP contribution < -0.4 is 10.9 Å². The maximum absolute atomic E-state index is 11.4. The van der Waals surface area contributed by atoms with E-state index in [4.69, 9.17) is 8.83 Å². The lowest BCUT2D eigenvalue weighted by molar-refractivity contribution is 0.0965. The molecule has 1 amide bonds. The van der Waals surface area contributed by atoms with Crippen molar-refractivity contribution in [1.82, 2.24) is 5.32 Å². The van der Waals surface area contributed by atoms with Crippen molar-refractivity contribution < 1.29 is 13.6 Å². The van der Waals surface area contributed by atoms with E-state index in [0.717, 1.165) is 0 Å². The molecule has 0 aliphatic carbocycles. The minimum atomic E-state index is -0.516. The summed E-state index contributed by atoms with van der Waals surface area (Å²) in [6.07, 6.45) is 0. The van der Waals surface area contributed by atoms with Crippen LogP contribution in [0, 0.1) is 0 Å². The Balaban J connectivity index is 2.54. The van der Waals surface area contributed by atoms with E-state index in [-0.39, 0.29) is 16.9 Å². The molecular formula is C9H5NO4. The second-order valence-corrected chi connectivity index (χ2v) is 3.02. The van der Waals surface area contributed by atoms with Gasteiger partial charge in [0.15, 0.2) is 11.2 Å². The van der Waals surface area contributed by atoms with Crippen LogP contribution in [0.4, 0.5) is 0 Å². The van der Waals surface area contributed by atoms with E-state index in [1.165, 1.54) is 7.05 Å². The molecule has 4 aromatic heterocycles. The Hall–Kier alpha value is -2.04. The normalized spacial score (nSPS) is 11.8. The van der Waals surface area contributed by atoms with Crippen LogP contribution in [0.25, 0.3) is 22.1 Å². The van der Waals surface area contributed by atoms with Gasteiger partial charge in [0.1, 0.15) is 16.5 Å². The van der Waals surface area contributed by atoms with Crippen molar-refractivity contribution in [1.29, 1.82) is 0 Å². The molecular weight excluding hydrogens is 186 g/mol. The number of carbonyl (C=O) groups is 1. The molecule has 0 aromatic carbocycles. The zero-order chi connectivity index (χ0) is 9.87. The molecule has 70 valence electrons. The first kappa shape index (κ1) is 7.37. The van der Waals surface area contributed by atoms with Gasteiger partial charge in [-0.15, -0.1) is 0 Å². The maximum atomic E-state index is 11.4. The summed E-state index contributed by atoms with van der Waals surface area (Å²) in [6, 6.07) is 1.61. The Labute approximate surface area is 77.0 Å². The smallest absolute Gasteiger partial charge is 0.348 e. The quantitative estimate of drug-likeness (QED) is 0.616. The monoisotopic (exact) mass is 191 g/mol. The number of nitrogens with one attached hydrogen (secondary N) is 1. The maximum Gasteiger partial charge on any atom is 0.348 e. The molecule has 5 heteroatoms. The van der Waals surface area contributed by atoms with Crippen LogP contribution in [0.15, 0.2) is 19.7 Å². The predicted octanol–water partition coefficient (Wildman–Crippen LogP) is 0.774. The van der Waals surface area contributed by atoms with Gasteiger partial charge in [-0.1, -0.05) is 0 Å². The molecule has 0 radical (unpaired) electrons. The van der Waals surface area contributed by atoms with Crippen molar-refractivity contribution >= 4 is 28.0 Å². The van der Waals surface area contributed by atoms with Crippen LogP contribution in [0.3, 0.4) is 0 Å². The van der Waals surface area contributed by atoms with Crippen LogP contribution in [-0.2, 0) is 0 Å². The number of benzene rings is 1. The van der Waals surface area contributed by atoms with Gasteiger partial charge in [0.2, 0.25) is 0 Å². The number of amides is 1. The summed E-state index contributed by atoms with van der Waals surface area (Å²) in [5.74, 6) is -0.327. The second kappa shape index (κ2) is 2.06. The van der Waals surface area contributed by atoms with Crippen LogP contribution in [0.5, 0.6) is 0 Å². The fourth-order valence-electron chi connectivity index (χ4n) is 1.68. The third-order valence-corrected chi connectivity index (χ3v) is 2.28. The number of carbonyl (C=O) groups excluding carboxylic acids is 1. The summed E-state index contributed by atoms with van der Waals surface area (Å²) in [6.45, 7) is 0. The fourth-order valence-corrected chi connectivity index (χ4v) is 1.68. The Bertz CT molecular complexity index is 661. The van der Waals surface area contributed by atoms with E-state index in [0.29, 0.717) is 16.7 Å². The molecule has 14 heavy (non-hydrogen) atoms. The summed E-state index contributed by atoms with van der Waals surface area (Å²) in [5.41, 5.74) is 0.881. The molecule has 1 N–H and O–H groups in total. The van der Waals surface area contributed by atoms with Gasteiger partial charge in [-0.25, -0.2) is 4.79 Å². The van der Waals surface area contributed by atoms with Crippen LogP contribution in [-0.4, -0.2) is 13.0 Å². The van der Waals surface area contributed by atoms with Crippen molar-refractivity contribution in [2.45, 2.75) is 0 Å². The first-order valence-corrected chi connectivity index (χ1v) is 4.05. The van der Waals surface area contributed by atoms with Crippen LogP contribution in [0.1, 0.15) is 10.4 Å². The summed E-state index contributed by atoms with van der Waals surface area (Å²) in [7, 11) is 1.50. The highest BCUT2D eigenvalue weighted by Gasteiger charge is 2.27. The molecule has 4 bridgehead atoms. The molecule has 0 saturated heterocycles. The molecule has 0 aliphatic heterocycles. The van der Waals surface area contributed by atoms with Gasteiger partial charge in [-0.3, -0.25) is 4.79 Å². The molecule has 0 atom stereocenters. The molecule has 0 spiro atoms. The van der Waals surface area contributed by atoms with Crippen molar-refractivity contribution in [2.75, 3.05) is 7.05 Å². The van der Waals surface area contributed by atoms with Gasteiger partial charge < -0.3 is 14.2 Å². The molecule has 4 aromatic rings. The SMILES string of the molecule is CNC(=O)c1c2oc3cc2oc(=O)c13. The van der Waals surface area contributed by atoms with Gasteiger partial charge in [0, 0.05) is 13.1 Å². The summed E-state index contributed by atoms with van der Waals surface area (Å²) in [5, 5.41) is 2.68. The number of furan rings is 2. The highest BCUT2D eigenvalue weighted by Crippen LogP contribution is 2.33. The van der Waals surface area contributed by atoms with Crippen molar-refractivity contribution in [3.05, 3.63) is 22.0 Å². The van der Waals surface area contributed by atoms with E-state index in [1.807, 2.05) is 0 Å². The molecule has 0 fully saturated rings. The minimum Gasteiger partial charge on any atom is -0.451 e. The molecule has 5 nitrogen and oxygen atoms in total.